The SMILES string of the molecule is CC/C=C/C(C)=C(\C=C(/C)NC(=O)C1CC1)c1cc(N2CCN(N(O)/C(C=NC)=C/N)CC2C)[nH]c(=O)c1. The highest BCUT2D eigenvalue weighted by Gasteiger charge is 2.30. The van der Waals surface area contributed by atoms with E-state index in [0.29, 0.717) is 31.1 Å². The Morgan fingerprint density at radius 1 is 1.32 bits per heavy atom. The molecule has 10 nitrogen and oxygen atoms in total. The fraction of sp³-hybridized carbons (Fsp3) is 0.464. The maximum Gasteiger partial charge on any atom is 0.250 e. The van der Waals surface area contributed by atoms with Crippen molar-refractivity contribution < 1.29 is 10.0 Å². The summed E-state index contributed by atoms with van der Waals surface area (Å²) < 4.78 is 0. The summed E-state index contributed by atoms with van der Waals surface area (Å²) >= 11 is 0. The van der Waals surface area contributed by atoms with Crippen LogP contribution in [0.5, 0.6) is 0 Å². The number of nitrogens with one attached hydrogen (secondary N) is 2. The first-order chi connectivity index (χ1) is 18.2. The van der Waals surface area contributed by atoms with Crippen LogP contribution in [0.4, 0.5) is 5.82 Å². The minimum atomic E-state index is -0.207. The molecule has 1 atom stereocenters. The van der Waals surface area contributed by atoms with Gasteiger partial charge in [0.15, 0.2) is 0 Å². The summed E-state index contributed by atoms with van der Waals surface area (Å²) in [5, 5.41) is 16.4. The minimum absolute atomic E-state index is 0.0227. The van der Waals surface area contributed by atoms with Gasteiger partial charge < -0.3 is 20.9 Å². The number of hydrogen-bond donors (Lipinski definition) is 4. The summed E-state index contributed by atoms with van der Waals surface area (Å²) in [6.07, 6.45) is 11.6. The molecule has 5 N–H and O–H groups in total. The zero-order valence-electron chi connectivity index (χ0n) is 23.1. The quantitative estimate of drug-likeness (QED) is 0.211. The minimum Gasteiger partial charge on any atom is -0.403 e. The highest BCUT2D eigenvalue weighted by atomic mass is 16.5. The second-order valence-electron chi connectivity index (χ2n) is 9.84. The van der Waals surface area contributed by atoms with Gasteiger partial charge in [0.2, 0.25) is 11.5 Å². The molecule has 0 aromatic carbocycles. The molecule has 1 aromatic rings. The molecule has 10 heteroatoms. The van der Waals surface area contributed by atoms with E-state index >= 15 is 0 Å². The number of H-pyrrole nitrogens is 1. The normalized spacial score (nSPS) is 20.3. The Bertz CT molecular complexity index is 1210. The molecule has 1 aliphatic carbocycles. The molecule has 1 aliphatic heterocycles. The van der Waals surface area contributed by atoms with E-state index < -0.39 is 0 Å². The molecule has 3 rings (SSSR count). The van der Waals surface area contributed by atoms with Gasteiger partial charge in [-0.25, -0.2) is 0 Å². The van der Waals surface area contributed by atoms with E-state index in [-0.39, 0.29) is 23.4 Å². The summed E-state index contributed by atoms with van der Waals surface area (Å²) in [5.41, 5.74) is 9.20. The Kier molecular flexibility index (Phi) is 10.1. The second-order valence-corrected chi connectivity index (χ2v) is 9.84. The lowest BCUT2D eigenvalue weighted by molar-refractivity contribution is -0.216. The molecule has 1 saturated carbocycles. The number of nitrogens with two attached hydrogens (primary N) is 1. The van der Waals surface area contributed by atoms with Crippen LogP contribution in [-0.2, 0) is 4.79 Å². The van der Waals surface area contributed by atoms with Gasteiger partial charge in [-0.1, -0.05) is 19.1 Å². The van der Waals surface area contributed by atoms with Crippen molar-refractivity contribution in [1.29, 1.82) is 0 Å². The van der Waals surface area contributed by atoms with Gasteiger partial charge in [0.05, 0.1) is 0 Å². The number of aromatic amines is 1. The number of carbonyl (C=O) groups is 1. The first-order valence-electron chi connectivity index (χ1n) is 13.1. The van der Waals surface area contributed by atoms with Crippen molar-refractivity contribution in [2.45, 2.75) is 53.0 Å². The third-order valence-corrected chi connectivity index (χ3v) is 6.65. The highest BCUT2D eigenvalue weighted by Crippen LogP contribution is 2.30. The van der Waals surface area contributed by atoms with Crippen LogP contribution in [0.1, 0.15) is 52.5 Å². The Labute approximate surface area is 224 Å². The van der Waals surface area contributed by atoms with Crippen molar-refractivity contribution in [2.24, 2.45) is 16.6 Å². The fourth-order valence-corrected chi connectivity index (χ4v) is 4.47. The van der Waals surface area contributed by atoms with Crippen molar-refractivity contribution in [2.75, 3.05) is 31.6 Å². The van der Waals surface area contributed by atoms with E-state index in [1.165, 1.54) is 12.4 Å². The Balaban J connectivity index is 1.90. The zero-order chi connectivity index (χ0) is 27.8. The number of anilines is 1. The van der Waals surface area contributed by atoms with E-state index in [4.69, 9.17) is 5.73 Å². The average molecular weight is 524 g/mol. The Morgan fingerprint density at radius 3 is 2.66 bits per heavy atom. The van der Waals surface area contributed by atoms with Crippen LogP contribution in [0.3, 0.4) is 0 Å². The van der Waals surface area contributed by atoms with Gasteiger partial charge in [0.1, 0.15) is 11.5 Å². The van der Waals surface area contributed by atoms with Crippen molar-refractivity contribution >= 4 is 23.5 Å². The molecular weight excluding hydrogens is 482 g/mol. The summed E-state index contributed by atoms with van der Waals surface area (Å²) in [6, 6.07) is 3.54. The van der Waals surface area contributed by atoms with Crippen molar-refractivity contribution in [1.82, 2.24) is 20.5 Å². The molecule has 0 spiro atoms. The predicted molar refractivity (Wildman–Crippen MR) is 152 cm³/mol. The predicted octanol–water partition coefficient (Wildman–Crippen LogP) is 3.16. The lowest BCUT2D eigenvalue weighted by atomic mass is 9.99. The van der Waals surface area contributed by atoms with Gasteiger partial charge in [0, 0.05) is 62.8 Å². The summed E-state index contributed by atoms with van der Waals surface area (Å²) in [5.74, 6) is 0.860. The molecule has 206 valence electrons. The van der Waals surface area contributed by atoms with Crippen LogP contribution < -0.4 is 21.5 Å². The second kappa shape index (κ2) is 13.3. The van der Waals surface area contributed by atoms with E-state index in [1.807, 2.05) is 39.0 Å². The molecule has 0 radical (unpaired) electrons. The van der Waals surface area contributed by atoms with E-state index in [1.54, 1.807) is 18.1 Å². The average Bonchev–Trinajstić information content (AvgIpc) is 3.74. The van der Waals surface area contributed by atoms with Gasteiger partial charge in [-0.15, -0.1) is 0 Å². The van der Waals surface area contributed by atoms with E-state index in [9.17, 15) is 14.8 Å². The largest absolute Gasteiger partial charge is 0.403 e. The third-order valence-electron chi connectivity index (χ3n) is 6.65. The molecule has 2 fully saturated rings. The smallest absolute Gasteiger partial charge is 0.250 e. The Hall–Kier alpha value is -3.63. The topological polar surface area (TPSA) is 130 Å². The van der Waals surface area contributed by atoms with Crippen molar-refractivity contribution in [3.8, 4) is 0 Å². The molecule has 0 bridgehead atoms. The van der Waals surface area contributed by atoms with E-state index in [0.717, 1.165) is 46.8 Å². The van der Waals surface area contributed by atoms with Crippen LogP contribution >= 0.6 is 0 Å². The summed E-state index contributed by atoms with van der Waals surface area (Å²) in [6.45, 7) is 9.57. The number of amides is 1. The fourth-order valence-electron chi connectivity index (χ4n) is 4.47. The van der Waals surface area contributed by atoms with Crippen molar-refractivity contribution in [3.63, 3.8) is 0 Å². The number of aliphatic imine (C=N–C) groups is 1. The van der Waals surface area contributed by atoms with Gasteiger partial charge in [0.25, 0.3) is 0 Å². The molecular formula is C28H41N7O3. The third kappa shape index (κ3) is 7.45. The molecule has 1 aromatic heterocycles. The maximum absolute atomic E-state index is 12.8. The summed E-state index contributed by atoms with van der Waals surface area (Å²) in [7, 11) is 1.61. The van der Waals surface area contributed by atoms with Gasteiger partial charge in [-0.05, 0) is 68.9 Å². The number of carbonyl (C=O) groups excluding carboxylic acids is 1. The number of pyridine rings is 1. The van der Waals surface area contributed by atoms with Crippen LogP contribution in [0.2, 0.25) is 0 Å². The number of nitrogens with zero attached hydrogens (tertiary/aromatic N) is 4. The number of hydroxylamine groups is 1. The number of hydrogen-bond acceptors (Lipinski definition) is 8. The summed E-state index contributed by atoms with van der Waals surface area (Å²) in [4.78, 5) is 34.2. The number of rotatable bonds is 10. The maximum atomic E-state index is 12.8. The van der Waals surface area contributed by atoms with Gasteiger partial charge >= 0.3 is 0 Å². The van der Waals surface area contributed by atoms with Crippen LogP contribution in [0.15, 0.2) is 63.3 Å². The number of allylic oxidation sites excluding steroid dienone is 7. The lowest BCUT2D eigenvalue weighted by Crippen LogP contribution is -2.57. The highest BCUT2D eigenvalue weighted by molar-refractivity contribution is 5.84. The standard InChI is InChI=1S/C28H41N7O3/c1-6-7-8-19(2)25(13-20(3)31-28(37)22-9-10-22)23-14-26(32-27(36)15-23)34-12-11-33(18-21(34)4)35(38)24(16-29)17-30-5/h7-8,13-17,21-22,38H,6,9-12,18,29H2,1-5H3,(H,31,37)(H,32,36)/b8-7+,20-13+,24-16+,25-19+,30-17?. The van der Waals surface area contributed by atoms with Crippen LogP contribution in [0, 0.1) is 5.92 Å². The lowest BCUT2D eigenvalue weighted by Gasteiger charge is -2.43. The number of hydrazine groups is 1. The Morgan fingerprint density at radius 2 is 2.05 bits per heavy atom. The molecule has 1 saturated heterocycles. The van der Waals surface area contributed by atoms with Crippen molar-refractivity contribution in [3.05, 3.63) is 69.4 Å². The van der Waals surface area contributed by atoms with E-state index in [2.05, 4.69) is 33.2 Å². The monoisotopic (exact) mass is 523 g/mol. The molecule has 38 heavy (non-hydrogen) atoms. The van der Waals surface area contributed by atoms with Crippen LogP contribution in [0.25, 0.3) is 5.57 Å². The molecule has 2 heterocycles. The van der Waals surface area contributed by atoms with Crippen LogP contribution in [-0.4, -0.2) is 65.2 Å². The first-order valence-corrected chi connectivity index (χ1v) is 13.1. The molecule has 1 unspecified atom stereocenters. The first kappa shape index (κ1) is 28.9. The molecule has 1 amide bonds. The number of piperazine rings is 1. The van der Waals surface area contributed by atoms with Gasteiger partial charge in [-0.2, -0.15) is 10.2 Å². The number of aromatic nitrogens is 1. The van der Waals surface area contributed by atoms with Gasteiger partial charge in [-0.3, -0.25) is 19.8 Å². The molecule has 2 aliphatic rings. The zero-order valence-corrected chi connectivity index (χ0v) is 23.1.